The molecule has 2 bridgehead atoms. The molecule has 1 saturated carbocycles. The summed E-state index contributed by atoms with van der Waals surface area (Å²) in [5.74, 6) is 1.39. The Labute approximate surface area is 242 Å². The van der Waals surface area contributed by atoms with Gasteiger partial charge in [0.2, 0.25) is 5.91 Å². The second-order valence-corrected chi connectivity index (χ2v) is 12.5. The number of ether oxygens (including phenoxy) is 1. The fourth-order valence-corrected chi connectivity index (χ4v) is 7.24. The molecule has 2 aromatic carbocycles. The zero-order valence-corrected chi connectivity index (χ0v) is 23.9. The molecule has 2 N–H and O–H groups in total. The second kappa shape index (κ2) is 12.1. The lowest BCUT2D eigenvalue weighted by Gasteiger charge is -2.42. The maximum Gasteiger partial charge on any atom is 0.225 e. The zero-order chi connectivity index (χ0) is 27.6. The van der Waals surface area contributed by atoms with Crippen molar-refractivity contribution in [2.24, 2.45) is 11.8 Å². The molecule has 6 nitrogen and oxygen atoms in total. The van der Waals surface area contributed by atoms with E-state index in [9.17, 15) is 15.0 Å². The van der Waals surface area contributed by atoms with E-state index in [0.29, 0.717) is 12.5 Å². The van der Waals surface area contributed by atoms with Crippen molar-refractivity contribution in [3.05, 3.63) is 70.3 Å². The van der Waals surface area contributed by atoms with Crippen molar-refractivity contribution in [3.8, 4) is 5.75 Å². The molecule has 0 spiro atoms. The van der Waals surface area contributed by atoms with Crippen LogP contribution in [-0.2, 0) is 17.8 Å². The number of hydrogen-bond donors (Lipinski definition) is 2. The van der Waals surface area contributed by atoms with Crippen molar-refractivity contribution in [1.29, 1.82) is 0 Å². The number of carbonyl (C=O) groups is 1. The van der Waals surface area contributed by atoms with Gasteiger partial charge in [-0.2, -0.15) is 0 Å². The Hall–Kier alpha value is -2.54. The SMILES string of the molecule is O=C1C[C@H](O)c2ccc3c(c2)N(CCCCc2cc(Cl)ccc2CO3)C[C@@H]2CC[C@H]2[C@@H](O)/C=C/C[C@@H]2CCCN12. The summed E-state index contributed by atoms with van der Waals surface area (Å²) in [6.07, 6.45) is 10.6. The molecule has 0 radical (unpaired) electrons. The Morgan fingerprint density at radius 3 is 2.70 bits per heavy atom. The van der Waals surface area contributed by atoms with Crippen molar-refractivity contribution in [2.75, 3.05) is 24.5 Å². The van der Waals surface area contributed by atoms with Gasteiger partial charge in [0.05, 0.1) is 24.3 Å². The smallest absolute Gasteiger partial charge is 0.225 e. The van der Waals surface area contributed by atoms with E-state index < -0.39 is 12.2 Å². The minimum absolute atomic E-state index is 0.00464. The largest absolute Gasteiger partial charge is 0.487 e. The lowest BCUT2D eigenvalue weighted by atomic mass is 9.70. The van der Waals surface area contributed by atoms with E-state index in [4.69, 9.17) is 16.3 Å². The Balaban J connectivity index is 1.35. The lowest BCUT2D eigenvalue weighted by molar-refractivity contribution is -0.134. The summed E-state index contributed by atoms with van der Waals surface area (Å²) in [4.78, 5) is 17.6. The quantitative estimate of drug-likeness (QED) is 0.394. The molecule has 3 aliphatic heterocycles. The summed E-state index contributed by atoms with van der Waals surface area (Å²) in [5, 5.41) is 23.1. The van der Waals surface area contributed by atoms with E-state index in [1.807, 2.05) is 35.2 Å². The fourth-order valence-electron chi connectivity index (χ4n) is 7.04. The highest BCUT2D eigenvalue weighted by molar-refractivity contribution is 6.30. The van der Waals surface area contributed by atoms with Gasteiger partial charge in [0.1, 0.15) is 12.4 Å². The summed E-state index contributed by atoms with van der Waals surface area (Å²) in [5.41, 5.74) is 4.08. The van der Waals surface area contributed by atoms with E-state index >= 15 is 0 Å². The lowest BCUT2D eigenvalue weighted by Crippen LogP contribution is -2.43. The standard InChI is InChI=1S/C33H41ClN2O4/c34-26-12-9-25-21-40-32-14-11-23-18-29(32)35(15-2-1-5-22(25)17-26)20-24-10-13-28(24)30(37)8-3-6-27-7-4-16-36(27)33(39)19-31(23)38/h3,8-9,11-12,14,17-18,24,27-28,30-31,37-38H,1-2,4-7,10,13,15-16,19-21H2/b8-3+/t24-,27+,28+,30-,31-/m0/s1. The van der Waals surface area contributed by atoms with Gasteiger partial charge in [-0.3, -0.25) is 4.79 Å². The predicted octanol–water partition coefficient (Wildman–Crippen LogP) is 5.82. The van der Waals surface area contributed by atoms with Gasteiger partial charge in [-0.15, -0.1) is 0 Å². The van der Waals surface area contributed by atoms with E-state index in [1.54, 1.807) is 0 Å². The van der Waals surface area contributed by atoms with Crippen molar-refractivity contribution >= 4 is 23.2 Å². The Morgan fingerprint density at radius 1 is 0.950 bits per heavy atom. The zero-order valence-electron chi connectivity index (χ0n) is 23.2. The van der Waals surface area contributed by atoms with Crippen LogP contribution in [0.15, 0.2) is 48.6 Å². The van der Waals surface area contributed by atoms with Crippen molar-refractivity contribution in [1.82, 2.24) is 4.90 Å². The molecule has 1 saturated heterocycles. The molecule has 4 aliphatic rings. The van der Waals surface area contributed by atoms with Gasteiger partial charge in [-0.25, -0.2) is 0 Å². The number of aliphatic hydroxyl groups excluding tert-OH is 2. The molecule has 214 valence electrons. The summed E-state index contributed by atoms with van der Waals surface area (Å²) in [7, 11) is 0. The molecule has 40 heavy (non-hydrogen) atoms. The molecule has 0 unspecified atom stereocenters. The molecular weight excluding hydrogens is 524 g/mol. The first-order chi connectivity index (χ1) is 19.5. The van der Waals surface area contributed by atoms with Crippen LogP contribution in [0.4, 0.5) is 5.69 Å². The highest BCUT2D eigenvalue weighted by Gasteiger charge is 2.37. The van der Waals surface area contributed by atoms with Crippen LogP contribution in [-0.4, -0.2) is 52.8 Å². The Bertz CT molecular complexity index is 1250. The number of benzene rings is 2. The minimum Gasteiger partial charge on any atom is -0.487 e. The van der Waals surface area contributed by atoms with Gasteiger partial charge in [0.15, 0.2) is 0 Å². The van der Waals surface area contributed by atoms with Crippen LogP contribution < -0.4 is 9.64 Å². The van der Waals surface area contributed by atoms with Crippen LogP contribution >= 0.6 is 11.6 Å². The van der Waals surface area contributed by atoms with Gasteiger partial charge >= 0.3 is 0 Å². The molecule has 7 heteroatoms. The van der Waals surface area contributed by atoms with E-state index in [2.05, 4.69) is 23.1 Å². The van der Waals surface area contributed by atoms with Crippen LogP contribution in [0.2, 0.25) is 5.02 Å². The number of amides is 1. The molecule has 0 aromatic heterocycles. The third kappa shape index (κ3) is 5.90. The van der Waals surface area contributed by atoms with Crippen LogP contribution in [0.25, 0.3) is 0 Å². The Kier molecular flexibility index (Phi) is 8.38. The number of aryl methyl sites for hydroxylation is 1. The van der Waals surface area contributed by atoms with Gasteiger partial charge in [-0.05, 0) is 104 Å². The Morgan fingerprint density at radius 2 is 1.85 bits per heavy atom. The maximum absolute atomic E-state index is 13.3. The highest BCUT2D eigenvalue weighted by Crippen LogP contribution is 2.41. The van der Waals surface area contributed by atoms with Crippen LogP contribution in [0, 0.1) is 11.8 Å². The summed E-state index contributed by atoms with van der Waals surface area (Å²) in [6.45, 7) is 2.87. The third-order valence-electron chi connectivity index (χ3n) is 9.56. The molecule has 5 atom stereocenters. The average molecular weight is 565 g/mol. The number of aliphatic hydroxyl groups is 2. The normalized spacial score (nSPS) is 30.2. The average Bonchev–Trinajstić information content (AvgIpc) is 3.38. The number of nitrogens with zero attached hydrogens (tertiary/aromatic N) is 2. The van der Waals surface area contributed by atoms with Crippen molar-refractivity contribution in [2.45, 2.75) is 82.6 Å². The number of halogens is 1. The minimum atomic E-state index is -0.872. The van der Waals surface area contributed by atoms with E-state index in [1.165, 1.54) is 5.56 Å². The summed E-state index contributed by atoms with van der Waals surface area (Å²) in [6, 6.07) is 12.1. The second-order valence-electron chi connectivity index (χ2n) is 12.1. The van der Waals surface area contributed by atoms with E-state index in [-0.39, 0.29) is 24.3 Å². The van der Waals surface area contributed by atoms with Crippen LogP contribution in [0.3, 0.4) is 0 Å². The molecule has 1 amide bonds. The van der Waals surface area contributed by atoms with Gasteiger partial charge < -0.3 is 24.7 Å². The monoisotopic (exact) mass is 564 g/mol. The van der Waals surface area contributed by atoms with Crippen molar-refractivity contribution in [3.63, 3.8) is 0 Å². The molecule has 6 rings (SSSR count). The molecule has 3 heterocycles. The van der Waals surface area contributed by atoms with Gasteiger partial charge in [0.25, 0.3) is 0 Å². The molecule has 1 aliphatic carbocycles. The fraction of sp³-hybridized carbons (Fsp3) is 0.545. The number of rotatable bonds is 0. The first-order valence-corrected chi connectivity index (χ1v) is 15.5. The van der Waals surface area contributed by atoms with Gasteiger partial charge in [0, 0.05) is 30.7 Å². The predicted molar refractivity (Wildman–Crippen MR) is 158 cm³/mol. The first kappa shape index (κ1) is 27.6. The molecule has 2 aromatic rings. The number of carbonyl (C=O) groups excluding carboxylic acids is 1. The number of hydrogen-bond acceptors (Lipinski definition) is 5. The third-order valence-corrected chi connectivity index (χ3v) is 9.80. The van der Waals surface area contributed by atoms with Crippen LogP contribution in [0.1, 0.15) is 74.2 Å². The highest BCUT2D eigenvalue weighted by atomic mass is 35.5. The van der Waals surface area contributed by atoms with Crippen LogP contribution in [0.5, 0.6) is 5.75 Å². The summed E-state index contributed by atoms with van der Waals surface area (Å²) < 4.78 is 6.46. The molecule has 2 fully saturated rings. The number of anilines is 1. The first-order valence-electron chi connectivity index (χ1n) is 15.1. The topological polar surface area (TPSA) is 73.2 Å². The van der Waals surface area contributed by atoms with E-state index in [0.717, 1.165) is 98.6 Å². The van der Waals surface area contributed by atoms with Crippen molar-refractivity contribution < 1.29 is 19.7 Å². The number of fused-ring (bicyclic) bond motifs is 4. The maximum atomic E-state index is 13.3. The summed E-state index contributed by atoms with van der Waals surface area (Å²) >= 11 is 6.32. The van der Waals surface area contributed by atoms with Gasteiger partial charge in [-0.1, -0.05) is 35.9 Å². The molecular formula is C33H41ClN2O4.